The Bertz CT molecular complexity index is 1230. The maximum atomic E-state index is 13.3. The van der Waals surface area contributed by atoms with Crippen LogP contribution in [0.3, 0.4) is 0 Å². The molecule has 1 amide bonds. The van der Waals surface area contributed by atoms with E-state index < -0.39 is 5.91 Å². The third kappa shape index (κ3) is 6.22. The topological polar surface area (TPSA) is 88.4 Å². The summed E-state index contributed by atoms with van der Waals surface area (Å²) in [6, 6.07) is 9.24. The fourth-order valence-corrected chi connectivity index (χ4v) is 4.67. The molecule has 0 unspecified atom stereocenters. The van der Waals surface area contributed by atoms with E-state index in [2.05, 4.69) is 18.0 Å². The lowest BCUT2D eigenvalue weighted by Gasteiger charge is -2.16. The first-order valence-corrected chi connectivity index (χ1v) is 12.7. The third-order valence-corrected chi connectivity index (χ3v) is 6.14. The number of thiazole rings is 1. The molecule has 9 heteroatoms. The first-order chi connectivity index (χ1) is 16.9. The lowest BCUT2D eigenvalue weighted by atomic mass is 10.1. The van der Waals surface area contributed by atoms with E-state index in [0.717, 1.165) is 22.2 Å². The maximum Gasteiger partial charge on any atom is 0.326 e. The second-order valence-corrected chi connectivity index (χ2v) is 8.46. The Labute approximate surface area is 209 Å². The highest BCUT2D eigenvalue weighted by Crippen LogP contribution is 2.39. The number of rotatable bonds is 11. The van der Waals surface area contributed by atoms with E-state index in [-0.39, 0.29) is 19.1 Å². The lowest BCUT2D eigenvalue weighted by Crippen LogP contribution is -2.23. The van der Waals surface area contributed by atoms with Gasteiger partial charge in [-0.2, -0.15) is 4.99 Å². The highest BCUT2D eigenvalue weighted by Gasteiger charge is 2.19. The minimum absolute atomic E-state index is 0.0386. The van der Waals surface area contributed by atoms with Crippen molar-refractivity contribution in [3.8, 4) is 17.2 Å². The molecule has 0 aliphatic rings. The van der Waals surface area contributed by atoms with E-state index in [0.29, 0.717) is 47.4 Å². The van der Waals surface area contributed by atoms with Crippen LogP contribution < -0.4 is 19.0 Å². The number of amides is 1. The summed E-state index contributed by atoms with van der Waals surface area (Å²) >= 11 is 1.36. The summed E-state index contributed by atoms with van der Waals surface area (Å²) in [7, 11) is 0. The number of hydrogen-bond donors (Lipinski definition) is 0. The molecule has 35 heavy (non-hydrogen) atoms. The van der Waals surface area contributed by atoms with Crippen LogP contribution >= 0.6 is 11.3 Å². The van der Waals surface area contributed by atoms with Crippen molar-refractivity contribution in [1.82, 2.24) is 4.57 Å². The van der Waals surface area contributed by atoms with Gasteiger partial charge in [0, 0.05) is 5.56 Å². The minimum atomic E-state index is -0.477. The van der Waals surface area contributed by atoms with Crippen LogP contribution in [0.1, 0.15) is 50.5 Å². The molecule has 0 spiro atoms. The Morgan fingerprint density at radius 2 is 1.54 bits per heavy atom. The van der Waals surface area contributed by atoms with E-state index in [9.17, 15) is 9.59 Å². The number of hydrogen-bond acceptors (Lipinski definition) is 7. The molecule has 8 nitrogen and oxygen atoms in total. The van der Waals surface area contributed by atoms with Crippen molar-refractivity contribution in [3.63, 3.8) is 0 Å². The van der Waals surface area contributed by atoms with Gasteiger partial charge >= 0.3 is 5.97 Å². The van der Waals surface area contributed by atoms with Crippen molar-refractivity contribution in [1.29, 1.82) is 0 Å². The first kappa shape index (κ1) is 26.3. The van der Waals surface area contributed by atoms with Crippen molar-refractivity contribution < 1.29 is 28.5 Å². The van der Waals surface area contributed by atoms with E-state index >= 15 is 0 Å². The first-order valence-electron chi connectivity index (χ1n) is 11.9. The standard InChI is InChI=1S/C26H32N2O6S/c1-6-17-11-12-19-22(13-17)35-26(28(19)16-23(29)33-9-4)27-25(30)18-14-20(31-7-2)24(34-10-5)21(15-18)32-8-3/h11-15H,6-10,16H2,1-5H3. The maximum absolute atomic E-state index is 13.3. The number of nitrogens with zero attached hydrogens (tertiary/aromatic N) is 2. The molecular weight excluding hydrogens is 468 g/mol. The quantitative estimate of drug-likeness (QED) is 0.353. The summed E-state index contributed by atoms with van der Waals surface area (Å²) in [6.45, 7) is 10.9. The van der Waals surface area contributed by atoms with Gasteiger partial charge in [-0.15, -0.1) is 0 Å². The zero-order valence-corrected chi connectivity index (χ0v) is 21.7. The van der Waals surface area contributed by atoms with Crippen LogP contribution in [0, 0.1) is 0 Å². The predicted octanol–water partition coefficient (Wildman–Crippen LogP) is 4.77. The monoisotopic (exact) mass is 500 g/mol. The van der Waals surface area contributed by atoms with Gasteiger partial charge in [-0.3, -0.25) is 9.59 Å². The van der Waals surface area contributed by atoms with Crippen LogP contribution in [0.2, 0.25) is 0 Å². The molecule has 0 radical (unpaired) electrons. The molecule has 1 heterocycles. The van der Waals surface area contributed by atoms with Crippen molar-refractivity contribution in [2.45, 2.75) is 47.6 Å². The van der Waals surface area contributed by atoms with Crippen LogP contribution in [0.15, 0.2) is 35.3 Å². The van der Waals surface area contributed by atoms with Crippen LogP contribution in [0.5, 0.6) is 17.2 Å². The van der Waals surface area contributed by atoms with Gasteiger partial charge < -0.3 is 23.5 Å². The summed E-state index contributed by atoms with van der Waals surface area (Å²) in [4.78, 5) is 30.4. The number of aryl methyl sites for hydroxylation is 1. The average molecular weight is 501 g/mol. The number of esters is 1. The van der Waals surface area contributed by atoms with Gasteiger partial charge in [-0.05, 0) is 63.9 Å². The fraction of sp³-hybridized carbons (Fsp3) is 0.423. The molecule has 3 aromatic rings. The number of carbonyl (C=O) groups excluding carboxylic acids is 2. The molecule has 0 aliphatic heterocycles. The van der Waals surface area contributed by atoms with E-state index in [1.807, 2.05) is 32.9 Å². The summed E-state index contributed by atoms with van der Waals surface area (Å²) in [5, 5.41) is 0. The zero-order valence-electron chi connectivity index (χ0n) is 20.9. The second kappa shape index (κ2) is 12.4. The number of carbonyl (C=O) groups is 2. The van der Waals surface area contributed by atoms with E-state index in [4.69, 9.17) is 18.9 Å². The Morgan fingerprint density at radius 3 is 2.11 bits per heavy atom. The van der Waals surface area contributed by atoms with Gasteiger partial charge in [0.2, 0.25) is 5.75 Å². The Kier molecular flexibility index (Phi) is 9.31. The predicted molar refractivity (Wildman–Crippen MR) is 136 cm³/mol. The number of aromatic nitrogens is 1. The molecular formula is C26H32N2O6S. The number of benzene rings is 2. The van der Waals surface area contributed by atoms with Gasteiger partial charge in [0.1, 0.15) is 6.54 Å². The Balaban J connectivity index is 2.14. The average Bonchev–Trinajstić information content (AvgIpc) is 3.17. The Hall–Kier alpha value is -3.33. The van der Waals surface area contributed by atoms with Crippen molar-refractivity contribution in [3.05, 3.63) is 46.3 Å². The van der Waals surface area contributed by atoms with Gasteiger partial charge in [0.05, 0.1) is 36.6 Å². The third-order valence-electron chi connectivity index (χ3n) is 5.10. The fourth-order valence-electron chi connectivity index (χ4n) is 3.57. The highest BCUT2D eigenvalue weighted by atomic mass is 32.1. The van der Waals surface area contributed by atoms with Crippen molar-refractivity contribution in [2.75, 3.05) is 26.4 Å². The SMILES string of the molecule is CCOC(=O)Cn1c(=NC(=O)c2cc(OCC)c(OCC)c(OCC)c2)sc2cc(CC)ccc21. The molecule has 0 atom stereocenters. The smallest absolute Gasteiger partial charge is 0.326 e. The van der Waals surface area contributed by atoms with Crippen LogP contribution in [0.25, 0.3) is 10.2 Å². The van der Waals surface area contributed by atoms with Gasteiger partial charge in [0.25, 0.3) is 5.91 Å². The molecule has 0 bridgehead atoms. The van der Waals surface area contributed by atoms with Crippen LogP contribution in [0.4, 0.5) is 0 Å². The molecule has 0 aliphatic carbocycles. The summed E-state index contributed by atoms with van der Waals surface area (Å²) in [5.74, 6) is 0.428. The van der Waals surface area contributed by atoms with E-state index in [1.54, 1.807) is 23.6 Å². The molecule has 1 aromatic heterocycles. The minimum Gasteiger partial charge on any atom is -0.490 e. The zero-order chi connectivity index (χ0) is 25.4. The van der Waals surface area contributed by atoms with Crippen molar-refractivity contribution >= 4 is 33.4 Å². The second-order valence-electron chi connectivity index (χ2n) is 7.45. The Morgan fingerprint density at radius 1 is 0.886 bits per heavy atom. The summed E-state index contributed by atoms with van der Waals surface area (Å²) < 4.78 is 25.0. The van der Waals surface area contributed by atoms with Gasteiger partial charge in [-0.25, -0.2) is 0 Å². The highest BCUT2D eigenvalue weighted by molar-refractivity contribution is 7.16. The van der Waals surface area contributed by atoms with Crippen LogP contribution in [-0.4, -0.2) is 42.9 Å². The van der Waals surface area contributed by atoms with Crippen LogP contribution in [-0.2, 0) is 22.5 Å². The molecule has 0 saturated heterocycles. The molecule has 0 N–H and O–H groups in total. The summed E-state index contributed by atoms with van der Waals surface area (Å²) in [6.07, 6.45) is 0.879. The normalized spacial score (nSPS) is 11.5. The molecule has 3 rings (SSSR count). The lowest BCUT2D eigenvalue weighted by molar-refractivity contribution is -0.143. The molecule has 2 aromatic carbocycles. The number of ether oxygens (including phenoxy) is 4. The van der Waals surface area contributed by atoms with Crippen molar-refractivity contribution in [2.24, 2.45) is 4.99 Å². The summed E-state index contributed by atoms with van der Waals surface area (Å²) in [5.41, 5.74) is 2.28. The van der Waals surface area contributed by atoms with Gasteiger partial charge in [0.15, 0.2) is 16.3 Å². The molecule has 0 fully saturated rings. The molecule has 0 saturated carbocycles. The van der Waals surface area contributed by atoms with E-state index in [1.165, 1.54) is 11.3 Å². The van der Waals surface area contributed by atoms with Gasteiger partial charge in [-0.1, -0.05) is 24.3 Å². The largest absolute Gasteiger partial charge is 0.490 e. The molecule has 188 valence electrons. The number of fused-ring (bicyclic) bond motifs is 1.